The van der Waals surface area contributed by atoms with Crippen LogP contribution in [0.25, 0.3) is 0 Å². The van der Waals surface area contributed by atoms with Crippen LogP contribution in [-0.2, 0) is 26.0 Å². The maximum absolute atomic E-state index is 12.4. The molecule has 28 heavy (non-hydrogen) atoms. The fourth-order valence-electron chi connectivity index (χ4n) is 4.61. The Morgan fingerprint density at radius 3 is 2.64 bits per heavy atom. The maximum atomic E-state index is 12.4. The summed E-state index contributed by atoms with van der Waals surface area (Å²) in [6, 6.07) is 4.63. The van der Waals surface area contributed by atoms with Gasteiger partial charge >= 0.3 is 6.03 Å². The lowest BCUT2D eigenvalue weighted by atomic mass is 9.82. The largest absolute Gasteiger partial charge is 0.378 e. The van der Waals surface area contributed by atoms with Crippen molar-refractivity contribution in [3.63, 3.8) is 0 Å². The highest BCUT2D eigenvalue weighted by molar-refractivity contribution is 7.89. The number of nitrogens with one attached hydrogen (secondary N) is 2. The lowest BCUT2D eigenvalue weighted by molar-refractivity contribution is -0.125. The summed E-state index contributed by atoms with van der Waals surface area (Å²) in [5, 5.41) is 10.5. The highest BCUT2D eigenvalue weighted by Crippen LogP contribution is 2.41. The second kappa shape index (κ2) is 7.02. The Kier molecular flexibility index (Phi) is 4.80. The lowest BCUT2D eigenvalue weighted by Crippen LogP contribution is -2.50. The first kappa shape index (κ1) is 19.2. The van der Waals surface area contributed by atoms with Crippen LogP contribution >= 0.6 is 0 Å². The van der Waals surface area contributed by atoms with Gasteiger partial charge in [0.05, 0.1) is 18.1 Å². The molecule has 2 aliphatic heterocycles. The summed E-state index contributed by atoms with van der Waals surface area (Å²) in [7, 11) is -3.91. The van der Waals surface area contributed by atoms with E-state index in [1.165, 1.54) is 6.07 Å². The minimum atomic E-state index is -3.91. The van der Waals surface area contributed by atoms with Gasteiger partial charge in [0.15, 0.2) is 0 Å². The summed E-state index contributed by atoms with van der Waals surface area (Å²) in [5.74, 6) is -0.527. The van der Waals surface area contributed by atoms with Gasteiger partial charge in [0.1, 0.15) is 5.54 Å². The summed E-state index contributed by atoms with van der Waals surface area (Å²) in [6.07, 6.45) is 2.40. The third kappa shape index (κ3) is 3.36. The van der Waals surface area contributed by atoms with Gasteiger partial charge in [0.25, 0.3) is 5.91 Å². The molecule has 4 N–H and O–H groups in total. The molecule has 3 amide bonds. The molecule has 1 spiro atoms. The molecule has 4 rings (SSSR count). The molecule has 0 radical (unpaired) electrons. The minimum Gasteiger partial charge on any atom is -0.378 e. The normalized spacial score (nSPS) is 27.9. The van der Waals surface area contributed by atoms with Crippen molar-refractivity contribution in [3.05, 3.63) is 23.8 Å². The van der Waals surface area contributed by atoms with Gasteiger partial charge < -0.3 is 15.0 Å². The fraction of sp³-hybridized carbons (Fsp3) is 0.556. The van der Waals surface area contributed by atoms with Crippen molar-refractivity contribution in [3.8, 4) is 0 Å². The smallest absolute Gasteiger partial charge is 0.322 e. The van der Waals surface area contributed by atoms with E-state index in [0.29, 0.717) is 31.6 Å². The predicted molar refractivity (Wildman–Crippen MR) is 101 cm³/mol. The number of urea groups is 1. The number of sulfonamides is 1. The highest BCUT2D eigenvalue weighted by Gasteiger charge is 2.54. The van der Waals surface area contributed by atoms with Gasteiger partial charge in [0, 0.05) is 18.8 Å². The number of nitrogens with zero attached hydrogens (tertiary/aromatic N) is 1. The lowest BCUT2D eigenvalue weighted by Gasteiger charge is -2.31. The van der Waals surface area contributed by atoms with Crippen molar-refractivity contribution in [1.29, 1.82) is 0 Å². The Morgan fingerprint density at radius 1 is 1.25 bits per heavy atom. The molecule has 9 nitrogen and oxygen atoms in total. The van der Waals surface area contributed by atoms with Gasteiger partial charge in [-0.3, -0.25) is 10.1 Å². The zero-order chi connectivity index (χ0) is 19.9. The minimum absolute atomic E-state index is 0.0660. The molecule has 0 bridgehead atoms. The summed E-state index contributed by atoms with van der Waals surface area (Å²) in [5.41, 5.74) is 0.506. The second-order valence-corrected chi connectivity index (χ2v) is 9.14. The standard InChI is InChI=1S/C18H24N4O5S/c19-28(25,26)15-4-3-14(22-6-8-27-9-7-22)11-12(15)10-13-2-1-5-18(13)16(23)20-17(24)21-18/h3-4,11,13H,1-2,5-10H2,(H2,19,25,26)(H2,20,21,23,24). The number of rotatable bonds is 4. The Balaban J connectivity index is 1.69. The van der Waals surface area contributed by atoms with E-state index in [1.807, 2.05) is 6.07 Å². The van der Waals surface area contributed by atoms with E-state index in [0.717, 1.165) is 31.6 Å². The second-order valence-electron chi connectivity index (χ2n) is 7.61. The van der Waals surface area contributed by atoms with E-state index < -0.39 is 21.6 Å². The number of imide groups is 1. The average Bonchev–Trinajstić information content (AvgIpc) is 3.17. The fourth-order valence-corrected chi connectivity index (χ4v) is 5.37. The molecule has 1 aromatic carbocycles. The molecule has 2 unspecified atom stereocenters. The molecule has 2 saturated heterocycles. The zero-order valence-corrected chi connectivity index (χ0v) is 16.3. The van der Waals surface area contributed by atoms with Crippen LogP contribution in [0.15, 0.2) is 23.1 Å². The third-order valence-electron chi connectivity index (χ3n) is 5.98. The van der Waals surface area contributed by atoms with Gasteiger partial charge in [-0.05, 0) is 48.9 Å². The van der Waals surface area contributed by atoms with Crippen molar-refractivity contribution < 1.29 is 22.7 Å². The molecule has 1 saturated carbocycles. The van der Waals surface area contributed by atoms with Gasteiger partial charge in [0.2, 0.25) is 10.0 Å². The van der Waals surface area contributed by atoms with Crippen LogP contribution in [0.2, 0.25) is 0 Å². The van der Waals surface area contributed by atoms with E-state index in [2.05, 4.69) is 15.5 Å². The number of hydrogen-bond donors (Lipinski definition) is 3. The molecule has 1 aromatic rings. The van der Waals surface area contributed by atoms with Crippen LogP contribution in [0.5, 0.6) is 0 Å². The molecule has 0 aromatic heterocycles. The Bertz CT molecular complexity index is 913. The number of ether oxygens (including phenoxy) is 1. The van der Waals surface area contributed by atoms with Gasteiger partial charge in [-0.2, -0.15) is 0 Å². The monoisotopic (exact) mass is 408 g/mol. The van der Waals surface area contributed by atoms with Crippen molar-refractivity contribution in [2.24, 2.45) is 11.1 Å². The Hall–Kier alpha value is -2.17. The first-order valence-corrected chi connectivity index (χ1v) is 11.0. The molecule has 2 heterocycles. The van der Waals surface area contributed by atoms with Crippen LogP contribution in [0.3, 0.4) is 0 Å². The number of morpholine rings is 1. The van der Waals surface area contributed by atoms with Gasteiger partial charge in [-0.25, -0.2) is 18.4 Å². The van der Waals surface area contributed by atoms with Crippen LogP contribution in [-0.4, -0.2) is 52.2 Å². The number of benzene rings is 1. The maximum Gasteiger partial charge on any atom is 0.322 e. The van der Waals surface area contributed by atoms with Crippen LogP contribution in [0.4, 0.5) is 10.5 Å². The van der Waals surface area contributed by atoms with Gasteiger partial charge in [-0.1, -0.05) is 6.42 Å². The van der Waals surface area contributed by atoms with Crippen molar-refractivity contribution in [2.45, 2.75) is 36.1 Å². The number of anilines is 1. The molecule has 10 heteroatoms. The van der Waals surface area contributed by atoms with Crippen LogP contribution in [0.1, 0.15) is 24.8 Å². The van der Waals surface area contributed by atoms with Crippen LogP contribution in [0, 0.1) is 5.92 Å². The van der Waals surface area contributed by atoms with E-state index in [1.54, 1.807) is 6.07 Å². The molecule has 3 fully saturated rings. The highest BCUT2D eigenvalue weighted by atomic mass is 32.2. The SMILES string of the molecule is NS(=O)(=O)c1ccc(N2CCOCC2)cc1CC1CCCC12NC(=O)NC2=O. The van der Waals surface area contributed by atoms with Crippen molar-refractivity contribution in [2.75, 3.05) is 31.2 Å². The number of primary sulfonamides is 1. The number of carbonyl (C=O) groups excluding carboxylic acids is 2. The first-order valence-electron chi connectivity index (χ1n) is 9.42. The van der Waals surface area contributed by atoms with E-state index in [-0.39, 0.29) is 16.7 Å². The predicted octanol–water partition coefficient (Wildman–Crippen LogP) is 0.0914. The summed E-state index contributed by atoms with van der Waals surface area (Å²) in [6.45, 7) is 2.68. The quantitative estimate of drug-likeness (QED) is 0.605. The van der Waals surface area contributed by atoms with E-state index in [9.17, 15) is 18.0 Å². The number of amides is 3. The summed E-state index contributed by atoms with van der Waals surface area (Å²) >= 11 is 0. The first-order chi connectivity index (χ1) is 13.3. The van der Waals surface area contributed by atoms with E-state index >= 15 is 0 Å². The number of nitrogens with two attached hydrogens (primary N) is 1. The average molecular weight is 408 g/mol. The summed E-state index contributed by atoms with van der Waals surface area (Å²) in [4.78, 5) is 26.4. The number of hydrogen-bond acceptors (Lipinski definition) is 6. The molecule has 152 valence electrons. The third-order valence-corrected chi connectivity index (χ3v) is 6.99. The van der Waals surface area contributed by atoms with E-state index in [4.69, 9.17) is 9.88 Å². The zero-order valence-electron chi connectivity index (χ0n) is 15.4. The van der Waals surface area contributed by atoms with Crippen molar-refractivity contribution in [1.82, 2.24) is 10.6 Å². The molecular formula is C18H24N4O5S. The molecule has 2 atom stereocenters. The van der Waals surface area contributed by atoms with Crippen molar-refractivity contribution >= 4 is 27.6 Å². The molecule has 3 aliphatic rings. The summed E-state index contributed by atoms with van der Waals surface area (Å²) < 4.78 is 29.7. The topological polar surface area (TPSA) is 131 Å². The van der Waals surface area contributed by atoms with Crippen LogP contribution < -0.4 is 20.7 Å². The molecule has 1 aliphatic carbocycles. The number of carbonyl (C=O) groups is 2. The Morgan fingerprint density at radius 2 is 2.00 bits per heavy atom. The molecular weight excluding hydrogens is 384 g/mol. The Labute approximate surface area is 163 Å². The van der Waals surface area contributed by atoms with Gasteiger partial charge in [-0.15, -0.1) is 0 Å².